The van der Waals surface area contributed by atoms with Gasteiger partial charge in [0.1, 0.15) is 5.75 Å². The summed E-state index contributed by atoms with van der Waals surface area (Å²) < 4.78 is 5.63. The van der Waals surface area contributed by atoms with Crippen molar-refractivity contribution in [1.29, 1.82) is 0 Å². The normalized spacial score (nSPS) is 15.3. The molecular weight excluding hydrogens is 328 g/mol. The van der Waals surface area contributed by atoms with Gasteiger partial charge >= 0.3 is 0 Å². The molecule has 1 fully saturated rings. The van der Waals surface area contributed by atoms with Crippen molar-refractivity contribution in [1.82, 2.24) is 9.80 Å². The Hall–Kier alpha value is -2.04. The van der Waals surface area contributed by atoms with Gasteiger partial charge in [-0.1, -0.05) is 13.8 Å². The predicted octanol–water partition coefficient (Wildman–Crippen LogP) is 3.58. The van der Waals surface area contributed by atoms with Crippen molar-refractivity contribution in [3.8, 4) is 5.75 Å². The molecule has 2 amide bonds. The van der Waals surface area contributed by atoms with E-state index in [1.807, 2.05) is 47.9 Å². The molecule has 0 bridgehead atoms. The lowest BCUT2D eigenvalue weighted by Gasteiger charge is -2.25. The van der Waals surface area contributed by atoms with Gasteiger partial charge in [0.15, 0.2) is 0 Å². The Balaban J connectivity index is 1.97. The van der Waals surface area contributed by atoms with Crippen molar-refractivity contribution in [3.63, 3.8) is 0 Å². The third kappa shape index (κ3) is 5.23. The van der Waals surface area contributed by atoms with Gasteiger partial charge in [-0.15, -0.1) is 0 Å². The second-order valence-corrected chi connectivity index (χ2v) is 7.18. The summed E-state index contributed by atoms with van der Waals surface area (Å²) in [5, 5.41) is 0. The molecule has 2 rings (SSSR count). The second-order valence-electron chi connectivity index (χ2n) is 7.18. The smallest absolute Gasteiger partial charge is 0.253 e. The molecule has 0 aliphatic carbocycles. The van der Waals surface area contributed by atoms with Crippen LogP contribution in [0.5, 0.6) is 5.75 Å². The highest BCUT2D eigenvalue weighted by atomic mass is 16.5. The highest BCUT2D eigenvalue weighted by molar-refractivity contribution is 5.94. The topological polar surface area (TPSA) is 49.9 Å². The first-order valence-electron chi connectivity index (χ1n) is 9.81. The Morgan fingerprint density at radius 3 is 2.12 bits per heavy atom. The summed E-state index contributed by atoms with van der Waals surface area (Å²) in [4.78, 5) is 29.2. The summed E-state index contributed by atoms with van der Waals surface area (Å²) in [6.07, 6.45) is 2.69. The van der Waals surface area contributed by atoms with Crippen LogP contribution in [0.3, 0.4) is 0 Å². The maximum absolute atomic E-state index is 12.8. The molecular formula is C21H32N2O3. The van der Waals surface area contributed by atoms with Crippen molar-refractivity contribution in [3.05, 3.63) is 29.8 Å². The zero-order chi connectivity index (χ0) is 19.1. The minimum atomic E-state index is 0.0259. The summed E-state index contributed by atoms with van der Waals surface area (Å²) in [5.41, 5.74) is 0.667. The monoisotopic (exact) mass is 360 g/mol. The van der Waals surface area contributed by atoms with E-state index >= 15 is 0 Å². The zero-order valence-electron chi connectivity index (χ0n) is 16.5. The third-order valence-electron chi connectivity index (χ3n) is 4.90. The Labute approximate surface area is 157 Å². The number of carbonyl (C=O) groups excluding carboxylic acids is 2. The minimum Gasteiger partial charge on any atom is -0.491 e. The van der Waals surface area contributed by atoms with Gasteiger partial charge in [-0.2, -0.15) is 0 Å². The lowest BCUT2D eigenvalue weighted by molar-refractivity contribution is -0.135. The van der Waals surface area contributed by atoms with Crippen LogP contribution in [0.2, 0.25) is 0 Å². The maximum Gasteiger partial charge on any atom is 0.253 e. The van der Waals surface area contributed by atoms with Gasteiger partial charge in [0, 0.05) is 37.7 Å². The number of hydrogen-bond donors (Lipinski definition) is 0. The maximum atomic E-state index is 12.8. The SMILES string of the molecule is CCC(CC)C(=O)N1CCCN(C(=O)c2ccc(OC(C)C)cc2)CC1. The van der Waals surface area contributed by atoms with E-state index in [9.17, 15) is 9.59 Å². The molecule has 0 atom stereocenters. The van der Waals surface area contributed by atoms with E-state index in [-0.39, 0.29) is 23.8 Å². The molecule has 0 N–H and O–H groups in total. The number of hydrogen-bond acceptors (Lipinski definition) is 3. The van der Waals surface area contributed by atoms with Gasteiger partial charge < -0.3 is 14.5 Å². The van der Waals surface area contributed by atoms with Crippen molar-refractivity contribution >= 4 is 11.8 Å². The van der Waals surface area contributed by atoms with Crippen LogP contribution in [-0.2, 0) is 4.79 Å². The van der Waals surface area contributed by atoms with Gasteiger partial charge in [0.05, 0.1) is 6.10 Å². The lowest BCUT2D eigenvalue weighted by atomic mass is 10.0. The largest absolute Gasteiger partial charge is 0.491 e. The van der Waals surface area contributed by atoms with Gasteiger partial charge in [-0.3, -0.25) is 9.59 Å². The van der Waals surface area contributed by atoms with Gasteiger partial charge in [-0.05, 0) is 57.4 Å². The molecule has 0 radical (unpaired) electrons. The first-order chi connectivity index (χ1) is 12.5. The third-order valence-corrected chi connectivity index (χ3v) is 4.90. The van der Waals surface area contributed by atoms with Gasteiger partial charge in [0.2, 0.25) is 5.91 Å². The van der Waals surface area contributed by atoms with E-state index in [4.69, 9.17) is 4.74 Å². The van der Waals surface area contributed by atoms with E-state index in [2.05, 4.69) is 13.8 Å². The Kier molecular flexibility index (Phi) is 7.49. The highest BCUT2D eigenvalue weighted by Crippen LogP contribution is 2.18. The molecule has 1 aliphatic rings. The number of carbonyl (C=O) groups is 2. The highest BCUT2D eigenvalue weighted by Gasteiger charge is 2.26. The Morgan fingerprint density at radius 2 is 1.54 bits per heavy atom. The number of ether oxygens (including phenoxy) is 1. The van der Waals surface area contributed by atoms with Crippen molar-refractivity contribution < 1.29 is 14.3 Å². The molecule has 0 saturated carbocycles. The van der Waals surface area contributed by atoms with E-state index < -0.39 is 0 Å². The molecule has 0 spiro atoms. The van der Waals surface area contributed by atoms with E-state index in [0.29, 0.717) is 25.2 Å². The quantitative estimate of drug-likeness (QED) is 0.779. The molecule has 1 aromatic rings. The fraction of sp³-hybridized carbons (Fsp3) is 0.619. The van der Waals surface area contributed by atoms with Crippen molar-refractivity contribution in [2.24, 2.45) is 5.92 Å². The molecule has 1 heterocycles. The van der Waals surface area contributed by atoms with Crippen LogP contribution in [0, 0.1) is 5.92 Å². The van der Waals surface area contributed by atoms with Crippen LogP contribution in [0.1, 0.15) is 57.3 Å². The molecule has 26 heavy (non-hydrogen) atoms. The van der Waals surface area contributed by atoms with Crippen LogP contribution in [-0.4, -0.2) is 53.9 Å². The molecule has 1 aromatic carbocycles. The summed E-state index contributed by atoms with van der Waals surface area (Å²) in [6.45, 7) is 10.7. The summed E-state index contributed by atoms with van der Waals surface area (Å²) in [6, 6.07) is 7.32. The molecule has 5 nitrogen and oxygen atoms in total. The van der Waals surface area contributed by atoms with Crippen LogP contribution < -0.4 is 4.74 Å². The van der Waals surface area contributed by atoms with Crippen LogP contribution in [0.15, 0.2) is 24.3 Å². The second kappa shape index (κ2) is 9.60. The van der Waals surface area contributed by atoms with Gasteiger partial charge in [-0.25, -0.2) is 0 Å². The summed E-state index contributed by atoms with van der Waals surface area (Å²) in [7, 11) is 0. The first kappa shape index (κ1) is 20.3. The fourth-order valence-electron chi connectivity index (χ4n) is 3.37. The number of amides is 2. The molecule has 1 saturated heterocycles. The average molecular weight is 360 g/mol. The molecule has 144 valence electrons. The minimum absolute atomic E-state index is 0.0259. The molecule has 1 aliphatic heterocycles. The Morgan fingerprint density at radius 1 is 0.962 bits per heavy atom. The molecule has 5 heteroatoms. The van der Waals surface area contributed by atoms with Gasteiger partial charge in [0.25, 0.3) is 5.91 Å². The van der Waals surface area contributed by atoms with Crippen LogP contribution >= 0.6 is 0 Å². The van der Waals surface area contributed by atoms with E-state index in [1.165, 1.54) is 0 Å². The lowest BCUT2D eigenvalue weighted by Crippen LogP contribution is -2.39. The van der Waals surface area contributed by atoms with E-state index in [1.54, 1.807) is 0 Å². The van der Waals surface area contributed by atoms with E-state index in [0.717, 1.165) is 31.6 Å². The fourth-order valence-corrected chi connectivity index (χ4v) is 3.37. The predicted molar refractivity (Wildman–Crippen MR) is 103 cm³/mol. The summed E-state index contributed by atoms with van der Waals surface area (Å²) >= 11 is 0. The zero-order valence-corrected chi connectivity index (χ0v) is 16.5. The first-order valence-corrected chi connectivity index (χ1v) is 9.81. The van der Waals surface area contributed by atoms with Crippen LogP contribution in [0.25, 0.3) is 0 Å². The standard InChI is InChI=1S/C21H32N2O3/c1-5-17(6-2)20(24)22-12-7-13-23(15-14-22)21(25)18-8-10-19(11-9-18)26-16(3)4/h8-11,16-17H,5-7,12-15H2,1-4H3. The average Bonchev–Trinajstić information content (AvgIpc) is 2.88. The molecule has 0 unspecified atom stereocenters. The summed E-state index contributed by atoms with van der Waals surface area (Å²) in [5.74, 6) is 1.14. The molecule has 0 aromatic heterocycles. The van der Waals surface area contributed by atoms with Crippen molar-refractivity contribution in [2.45, 2.75) is 53.1 Å². The Bertz CT molecular complexity index is 594. The number of benzene rings is 1. The van der Waals surface area contributed by atoms with Crippen molar-refractivity contribution in [2.75, 3.05) is 26.2 Å². The number of rotatable bonds is 6. The number of nitrogens with zero attached hydrogens (tertiary/aromatic N) is 2. The van der Waals surface area contributed by atoms with Crippen LogP contribution in [0.4, 0.5) is 0 Å².